The lowest BCUT2D eigenvalue weighted by Gasteiger charge is -2.04. The summed E-state index contributed by atoms with van der Waals surface area (Å²) in [7, 11) is 1.26. The molecule has 1 N–H and O–H groups in total. The number of nitriles is 2. The van der Waals surface area contributed by atoms with Gasteiger partial charge in [0.1, 0.15) is 12.6 Å². The van der Waals surface area contributed by atoms with Crippen LogP contribution in [-0.4, -0.2) is 19.6 Å². The summed E-state index contributed by atoms with van der Waals surface area (Å²) in [5.41, 5.74) is 3.41. The third-order valence-corrected chi connectivity index (χ3v) is 1.94. The summed E-state index contributed by atoms with van der Waals surface area (Å²) in [6, 6.07) is 8.09. The number of hydrogen-bond acceptors (Lipinski definition) is 6. The highest BCUT2D eigenvalue weighted by Crippen LogP contribution is 2.17. The van der Waals surface area contributed by atoms with Gasteiger partial charge in [-0.25, -0.2) is 4.79 Å². The number of nitrogens with one attached hydrogen (secondary N) is 1. The van der Waals surface area contributed by atoms with E-state index in [4.69, 9.17) is 10.5 Å². The van der Waals surface area contributed by atoms with Crippen molar-refractivity contribution in [1.82, 2.24) is 0 Å². The monoisotopic (exact) mass is 243 g/mol. The number of anilines is 1. The first-order valence-electron chi connectivity index (χ1n) is 4.85. The molecule has 0 aliphatic heterocycles. The van der Waals surface area contributed by atoms with Crippen LogP contribution in [0.1, 0.15) is 15.9 Å². The van der Waals surface area contributed by atoms with Crippen molar-refractivity contribution in [3.05, 3.63) is 29.3 Å². The molecule has 0 amide bonds. The number of ether oxygens (including phenoxy) is 1. The van der Waals surface area contributed by atoms with Crippen molar-refractivity contribution in [2.75, 3.05) is 19.1 Å². The van der Waals surface area contributed by atoms with E-state index in [1.807, 2.05) is 6.07 Å². The second-order valence-electron chi connectivity index (χ2n) is 3.03. The van der Waals surface area contributed by atoms with Crippen molar-refractivity contribution in [2.24, 2.45) is 10.3 Å². The first kappa shape index (κ1) is 13.1. The minimum absolute atomic E-state index is 0.0743. The molecule has 0 atom stereocenters. The quantitative estimate of drug-likeness (QED) is 0.374. The summed E-state index contributed by atoms with van der Waals surface area (Å²) in [5, 5.41) is 24.2. The molecule has 0 spiro atoms. The first-order valence-corrected chi connectivity index (χ1v) is 4.85. The number of carbonyl (C=O) groups excluding carboxylic acids is 1. The molecule has 0 radical (unpaired) electrons. The molecule has 0 bridgehead atoms. The van der Waals surface area contributed by atoms with Gasteiger partial charge in [-0.3, -0.25) is 5.43 Å². The van der Waals surface area contributed by atoms with E-state index in [9.17, 15) is 4.79 Å². The number of rotatable bonds is 4. The smallest absolute Gasteiger partial charge is 0.337 e. The lowest BCUT2D eigenvalue weighted by atomic mass is 10.1. The van der Waals surface area contributed by atoms with Crippen LogP contribution < -0.4 is 5.43 Å². The van der Waals surface area contributed by atoms with Crippen molar-refractivity contribution < 1.29 is 9.53 Å². The molecule has 90 valence electrons. The van der Waals surface area contributed by atoms with Crippen LogP contribution in [0.3, 0.4) is 0 Å². The SMILES string of the molecule is COC(=O)c1ccc(NN=NCC#N)c(C#N)c1. The third-order valence-electron chi connectivity index (χ3n) is 1.94. The molecule has 0 aliphatic rings. The highest BCUT2D eigenvalue weighted by molar-refractivity contribution is 5.90. The zero-order chi connectivity index (χ0) is 13.4. The maximum Gasteiger partial charge on any atom is 0.337 e. The molecule has 0 unspecified atom stereocenters. The molecule has 1 aromatic carbocycles. The molecular formula is C11H9N5O2. The van der Waals surface area contributed by atoms with Crippen molar-refractivity contribution in [1.29, 1.82) is 10.5 Å². The van der Waals surface area contributed by atoms with Gasteiger partial charge in [-0.15, -0.1) is 0 Å². The lowest BCUT2D eigenvalue weighted by Crippen LogP contribution is -2.02. The van der Waals surface area contributed by atoms with Gasteiger partial charge in [-0.1, -0.05) is 5.22 Å². The summed E-state index contributed by atoms with van der Waals surface area (Å²) in [4.78, 5) is 11.3. The summed E-state index contributed by atoms with van der Waals surface area (Å²) >= 11 is 0. The van der Waals surface area contributed by atoms with E-state index in [1.54, 1.807) is 6.07 Å². The Morgan fingerprint density at radius 1 is 1.50 bits per heavy atom. The minimum atomic E-state index is -0.524. The van der Waals surface area contributed by atoms with Crippen LogP contribution in [0.5, 0.6) is 0 Å². The van der Waals surface area contributed by atoms with Gasteiger partial charge in [0.15, 0.2) is 0 Å². The Labute approximate surface area is 103 Å². The number of hydrogen-bond donors (Lipinski definition) is 1. The van der Waals surface area contributed by atoms with Gasteiger partial charge in [0.2, 0.25) is 0 Å². The Morgan fingerprint density at radius 3 is 2.89 bits per heavy atom. The van der Waals surface area contributed by atoms with Gasteiger partial charge in [-0.2, -0.15) is 15.6 Å². The van der Waals surface area contributed by atoms with Crippen LogP contribution in [0.4, 0.5) is 5.69 Å². The van der Waals surface area contributed by atoms with Crippen LogP contribution in [0, 0.1) is 22.7 Å². The average Bonchev–Trinajstić information content (AvgIpc) is 2.42. The van der Waals surface area contributed by atoms with Gasteiger partial charge in [-0.05, 0) is 18.2 Å². The van der Waals surface area contributed by atoms with Crippen LogP contribution >= 0.6 is 0 Å². The molecule has 0 aromatic heterocycles. The summed E-state index contributed by atoms with van der Waals surface area (Å²) in [6.45, 7) is -0.0743. The molecule has 0 saturated heterocycles. The predicted molar refractivity (Wildman–Crippen MR) is 61.5 cm³/mol. The molecule has 7 heteroatoms. The highest BCUT2D eigenvalue weighted by atomic mass is 16.5. The molecular weight excluding hydrogens is 234 g/mol. The number of benzene rings is 1. The maximum atomic E-state index is 11.3. The van der Waals surface area contributed by atoms with Crippen molar-refractivity contribution in [3.63, 3.8) is 0 Å². The topological polar surface area (TPSA) is 111 Å². The Morgan fingerprint density at radius 2 is 2.28 bits per heavy atom. The zero-order valence-electron chi connectivity index (χ0n) is 9.54. The third kappa shape index (κ3) is 3.29. The summed E-state index contributed by atoms with van der Waals surface area (Å²) in [5.74, 6) is -0.524. The fraction of sp³-hybridized carbons (Fsp3) is 0.182. The normalized spacial score (nSPS) is 9.50. The number of methoxy groups -OCH3 is 1. The molecule has 7 nitrogen and oxygen atoms in total. The van der Waals surface area contributed by atoms with E-state index in [2.05, 4.69) is 20.5 Å². The van der Waals surface area contributed by atoms with E-state index in [-0.39, 0.29) is 17.7 Å². The van der Waals surface area contributed by atoms with Gasteiger partial charge >= 0.3 is 5.97 Å². The van der Waals surface area contributed by atoms with Gasteiger partial charge in [0.25, 0.3) is 0 Å². The van der Waals surface area contributed by atoms with E-state index >= 15 is 0 Å². The standard InChI is InChI=1S/C11H9N5O2/c1-18-11(17)8-2-3-10(9(6-8)7-13)15-16-14-5-4-12/h2-3,6H,5H2,1H3,(H,14,15). The van der Waals surface area contributed by atoms with Gasteiger partial charge in [0.05, 0.1) is 30.0 Å². The molecule has 0 heterocycles. The Balaban J connectivity index is 2.92. The van der Waals surface area contributed by atoms with Gasteiger partial charge < -0.3 is 4.74 Å². The van der Waals surface area contributed by atoms with Crippen molar-refractivity contribution in [2.45, 2.75) is 0 Å². The number of carbonyl (C=O) groups is 1. The van der Waals surface area contributed by atoms with Crippen LogP contribution in [0.2, 0.25) is 0 Å². The van der Waals surface area contributed by atoms with Crippen molar-refractivity contribution in [3.8, 4) is 12.1 Å². The summed E-state index contributed by atoms with van der Waals surface area (Å²) < 4.78 is 4.54. The maximum absolute atomic E-state index is 11.3. The summed E-state index contributed by atoms with van der Waals surface area (Å²) in [6.07, 6.45) is 0. The minimum Gasteiger partial charge on any atom is -0.465 e. The van der Waals surface area contributed by atoms with E-state index in [0.29, 0.717) is 5.69 Å². The van der Waals surface area contributed by atoms with Crippen LogP contribution in [-0.2, 0) is 4.74 Å². The van der Waals surface area contributed by atoms with E-state index < -0.39 is 5.97 Å². The van der Waals surface area contributed by atoms with Crippen LogP contribution in [0.15, 0.2) is 28.5 Å². The Hall–Kier alpha value is -2.93. The fourth-order valence-corrected chi connectivity index (χ4v) is 1.14. The number of esters is 1. The molecule has 1 rings (SSSR count). The molecule has 0 saturated carbocycles. The second-order valence-corrected chi connectivity index (χ2v) is 3.03. The van der Waals surface area contributed by atoms with Crippen LogP contribution in [0.25, 0.3) is 0 Å². The van der Waals surface area contributed by atoms with Crippen molar-refractivity contribution >= 4 is 11.7 Å². The lowest BCUT2D eigenvalue weighted by molar-refractivity contribution is 0.0600. The predicted octanol–water partition coefficient (Wildman–Crippen LogP) is 1.65. The second kappa shape index (κ2) is 6.61. The van der Waals surface area contributed by atoms with Gasteiger partial charge in [0, 0.05) is 0 Å². The molecule has 18 heavy (non-hydrogen) atoms. The average molecular weight is 243 g/mol. The largest absolute Gasteiger partial charge is 0.465 e. The zero-order valence-corrected chi connectivity index (χ0v) is 9.54. The number of nitrogens with zero attached hydrogens (tertiary/aromatic N) is 4. The Bertz CT molecular complexity index is 554. The van der Waals surface area contributed by atoms with E-state index in [0.717, 1.165) is 0 Å². The highest BCUT2D eigenvalue weighted by Gasteiger charge is 2.09. The fourth-order valence-electron chi connectivity index (χ4n) is 1.14. The molecule has 1 aromatic rings. The molecule has 0 aliphatic carbocycles. The van der Waals surface area contributed by atoms with E-state index in [1.165, 1.54) is 25.3 Å². The molecule has 0 fully saturated rings. The Kier molecular flexibility index (Phi) is 4.82. The first-order chi connectivity index (χ1) is 8.72.